The van der Waals surface area contributed by atoms with Crippen LogP contribution in [0.4, 0.5) is 0 Å². The number of rotatable bonds is 9. The zero-order valence-corrected chi connectivity index (χ0v) is 20.5. The SMILES string of the molecule is Cc1ccc(-c2ccc3c(ccn3C(CC(C)C)c3ccc(C(=O)NCCC(=O)O)cc3)c2)cc1. The second-order valence-electron chi connectivity index (χ2n) is 9.53. The van der Waals surface area contributed by atoms with Crippen molar-refractivity contribution in [2.24, 2.45) is 5.92 Å². The number of aromatic nitrogens is 1. The van der Waals surface area contributed by atoms with Gasteiger partial charge in [0.1, 0.15) is 0 Å². The van der Waals surface area contributed by atoms with Gasteiger partial charge in [0.15, 0.2) is 0 Å². The fraction of sp³-hybridized carbons (Fsp3) is 0.267. The first kappa shape index (κ1) is 24.3. The summed E-state index contributed by atoms with van der Waals surface area (Å²) in [6, 6.07) is 25.2. The monoisotopic (exact) mass is 468 g/mol. The zero-order chi connectivity index (χ0) is 24.9. The van der Waals surface area contributed by atoms with Crippen molar-refractivity contribution in [3.63, 3.8) is 0 Å². The summed E-state index contributed by atoms with van der Waals surface area (Å²) >= 11 is 0. The molecule has 1 atom stereocenters. The van der Waals surface area contributed by atoms with Gasteiger partial charge >= 0.3 is 5.97 Å². The summed E-state index contributed by atoms with van der Waals surface area (Å²) < 4.78 is 2.33. The molecule has 180 valence electrons. The average Bonchev–Trinajstić information content (AvgIpc) is 3.26. The summed E-state index contributed by atoms with van der Waals surface area (Å²) in [5.74, 6) is -0.696. The number of aliphatic carboxylic acids is 1. The fourth-order valence-electron chi connectivity index (χ4n) is 4.46. The number of benzene rings is 3. The number of aryl methyl sites for hydroxylation is 1. The highest BCUT2D eigenvalue weighted by Gasteiger charge is 2.18. The Labute approximate surface area is 206 Å². The van der Waals surface area contributed by atoms with Crippen LogP contribution in [0.1, 0.15) is 54.2 Å². The molecule has 1 unspecified atom stereocenters. The van der Waals surface area contributed by atoms with Crippen molar-refractivity contribution in [1.29, 1.82) is 0 Å². The zero-order valence-electron chi connectivity index (χ0n) is 20.5. The molecule has 0 bridgehead atoms. The Morgan fingerprint density at radius 2 is 1.60 bits per heavy atom. The number of nitrogens with zero attached hydrogens (tertiary/aromatic N) is 1. The maximum Gasteiger partial charge on any atom is 0.305 e. The number of hydrogen-bond donors (Lipinski definition) is 2. The molecule has 4 aromatic rings. The molecule has 5 heteroatoms. The van der Waals surface area contributed by atoms with Crippen LogP contribution in [0.25, 0.3) is 22.0 Å². The van der Waals surface area contributed by atoms with Gasteiger partial charge in [-0.2, -0.15) is 0 Å². The molecule has 1 aromatic heterocycles. The van der Waals surface area contributed by atoms with Crippen molar-refractivity contribution in [3.8, 4) is 11.1 Å². The van der Waals surface area contributed by atoms with Gasteiger partial charge in [-0.1, -0.05) is 61.9 Å². The van der Waals surface area contributed by atoms with E-state index in [-0.39, 0.29) is 24.9 Å². The van der Waals surface area contributed by atoms with Gasteiger partial charge in [-0.25, -0.2) is 0 Å². The molecule has 0 radical (unpaired) electrons. The van der Waals surface area contributed by atoms with Crippen LogP contribution in [0.3, 0.4) is 0 Å². The third kappa shape index (κ3) is 5.80. The summed E-state index contributed by atoms with van der Waals surface area (Å²) in [5.41, 5.74) is 6.52. The van der Waals surface area contributed by atoms with Crippen LogP contribution in [-0.4, -0.2) is 28.1 Å². The van der Waals surface area contributed by atoms with E-state index >= 15 is 0 Å². The highest BCUT2D eigenvalue weighted by atomic mass is 16.4. The largest absolute Gasteiger partial charge is 0.481 e. The van der Waals surface area contributed by atoms with Gasteiger partial charge in [-0.05, 0) is 66.3 Å². The molecule has 2 N–H and O–H groups in total. The summed E-state index contributed by atoms with van der Waals surface area (Å²) in [5, 5.41) is 12.6. The van der Waals surface area contributed by atoms with Gasteiger partial charge in [0.25, 0.3) is 5.91 Å². The van der Waals surface area contributed by atoms with E-state index in [1.54, 1.807) is 0 Å². The lowest BCUT2D eigenvalue weighted by atomic mass is 9.95. The van der Waals surface area contributed by atoms with Crippen LogP contribution >= 0.6 is 0 Å². The van der Waals surface area contributed by atoms with E-state index in [1.807, 2.05) is 24.3 Å². The van der Waals surface area contributed by atoms with Crippen molar-refractivity contribution in [2.45, 2.75) is 39.7 Å². The minimum Gasteiger partial charge on any atom is -0.481 e. The summed E-state index contributed by atoms with van der Waals surface area (Å²) in [7, 11) is 0. The lowest BCUT2D eigenvalue weighted by Crippen LogP contribution is -2.26. The van der Waals surface area contributed by atoms with Crippen molar-refractivity contribution in [2.75, 3.05) is 6.54 Å². The van der Waals surface area contributed by atoms with E-state index in [9.17, 15) is 9.59 Å². The molecule has 1 heterocycles. The van der Waals surface area contributed by atoms with Crippen LogP contribution in [0.15, 0.2) is 79.0 Å². The Morgan fingerprint density at radius 3 is 2.26 bits per heavy atom. The number of carboxylic acids is 1. The summed E-state index contributed by atoms with van der Waals surface area (Å²) in [6.45, 7) is 6.66. The minimum atomic E-state index is -0.929. The number of carboxylic acid groups (broad SMARTS) is 1. The van der Waals surface area contributed by atoms with E-state index in [1.165, 1.54) is 27.6 Å². The van der Waals surface area contributed by atoms with Crippen LogP contribution in [-0.2, 0) is 4.79 Å². The highest BCUT2D eigenvalue weighted by molar-refractivity contribution is 5.94. The maximum atomic E-state index is 12.3. The lowest BCUT2D eigenvalue weighted by Gasteiger charge is -2.23. The molecule has 0 spiro atoms. The van der Waals surface area contributed by atoms with Crippen molar-refractivity contribution in [1.82, 2.24) is 9.88 Å². The number of carbonyl (C=O) groups is 2. The molecule has 0 fully saturated rings. The molecule has 5 nitrogen and oxygen atoms in total. The Balaban J connectivity index is 1.61. The topological polar surface area (TPSA) is 71.3 Å². The molecule has 0 aliphatic heterocycles. The number of nitrogens with one attached hydrogen (secondary N) is 1. The van der Waals surface area contributed by atoms with Crippen LogP contribution < -0.4 is 5.32 Å². The quantitative estimate of drug-likeness (QED) is 0.296. The predicted octanol–water partition coefficient (Wildman–Crippen LogP) is 6.46. The van der Waals surface area contributed by atoms with Gasteiger partial charge in [0.2, 0.25) is 0 Å². The predicted molar refractivity (Wildman–Crippen MR) is 141 cm³/mol. The Hall–Kier alpha value is -3.86. The van der Waals surface area contributed by atoms with Crippen molar-refractivity contribution >= 4 is 22.8 Å². The molecule has 3 aromatic carbocycles. The van der Waals surface area contributed by atoms with Gasteiger partial charge < -0.3 is 15.0 Å². The summed E-state index contributed by atoms with van der Waals surface area (Å²) in [4.78, 5) is 23.0. The van der Waals surface area contributed by atoms with E-state index in [0.29, 0.717) is 11.5 Å². The van der Waals surface area contributed by atoms with E-state index in [2.05, 4.69) is 85.4 Å². The third-order valence-electron chi connectivity index (χ3n) is 6.32. The summed E-state index contributed by atoms with van der Waals surface area (Å²) in [6.07, 6.45) is 3.03. The van der Waals surface area contributed by atoms with Crippen molar-refractivity contribution < 1.29 is 14.7 Å². The van der Waals surface area contributed by atoms with Crippen LogP contribution in [0.5, 0.6) is 0 Å². The molecule has 4 rings (SSSR count). The fourth-order valence-corrected chi connectivity index (χ4v) is 4.46. The van der Waals surface area contributed by atoms with Gasteiger partial charge in [0.05, 0.1) is 12.5 Å². The molecule has 1 amide bonds. The molecular weight excluding hydrogens is 436 g/mol. The van der Waals surface area contributed by atoms with Gasteiger partial charge in [-0.3, -0.25) is 9.59 Å². The minimum absolute atomic E-state index is 0.0907. The lowest BCUT2D eigenvalue weighted by molar-refractivity contribution is -0.136. The standard InChI is InChI=1S/C30H32N2O3/c1-20(2)18-28(23-8-10-24(11-9-23)30(35)31-16-14-29(33)34)32-17-15-26-19-25(12-13-27(26)32)22-6-4-21(3)5-7-22/h4-13,15,17,19-20,28H,14,16,18H2,1-3H3,(H,31,35)(H,33,34). The molecular formula is C30H32N2O3. The second-order valence-corrected chi connectivity index (χ2v) is 9.53. The second kappa shape index (κ2) is 10.6. The highest BCUT2D eigenvalue weighted by Crippen LogP contribution is 2.32. The smallest absolute Gasteiger partial charge is 0.305 e. The van der Waals surface area contributed by atoms with Crippen LogP contribution in [0, 0.1) is 12.8 Å². The number of carbonyl (C=O) groups excluding carboxylic acids is 1. The first-order valence-electron chi connectivity index (χ1n) is 12.1. The molecule has 0 saturated heterocycles. The Bertz CT molecular complexity index is 1320. The number of fused-ring (bicyclic) bond motifs is 1. The van der Waals surface area contributed by atoms with Gasteiger partial charge in [0, 0.05) is 29.2 Å². The third-order valence-corrected chi connectivity index (χ3v) is 6.32. The van der Waals surface area contributed by atoms with E-state index in [0.717, 1.165) is 12.0 Å². The normalized spacial score (nSPS) is 12.1. The number of hydrogen-bond acceptors (Lipinski definition) is 2. The molecule has 35 heavy (non-hydrogen) atoms. The first-order valence-corrected chi connectivity index (χ1v) is 12.1. The Morgan fingerprint density at radius 1 is 0.914 bits per heavy atom. The Kier molecular flexibility index (Phi) is 7.35. The van der Waals surface area contributed by atoms with E-state index in [4.69, 9.17) is 5.11 Å². The molecule has 0 saturated carbocycles. The van der Waals surface area contributed by atoms with E-state index < -0.39 is 5.97 Å². The number of amides is 1. The maximum absolute atomic E-state index is 12.3. The molecule has 0 aliphatic rings. The first-order chi connectivity index (χ1) is 16.8. The van der Waals surface area contributed by atoms with Gasteiger partial charge in [-0.15, -0.1) is 0 Å². The van der Waals surface area contributed by atoms with Crippen LogP contribution in [0.2, 0.25) is 0 Å². The molecule has 0 aliphatic carbocycles. The van der Waals surface area contributed by atoms with Crippen molar-refractivity contribution in [3.05, 3.63) is 95.7 Å². The average molecular weight is 469 g/mol.